The molecule has 0 aliphatic heterocycles. The summed E-state index contributed by atoms with van der Waals surface area (Å²) in [5.74, 6) is 0. The molecule has 0 amide bonds. The smallest absolute Gasteiger partial charge is 0.0311 e. The number of rotatable bonds is 0. The molecular weight excluding hydrogens is 206 g/mol. The average molecular weight is 223 g/mol. The Kier molecular flexibility index (Phi) is 2.29. The topological polar surface area (TPSA) is 12.9 Å². The van der Waals surface area contributed by atoms with Crippen LogP contribution >= 0.6 is 0 Å². The normalized spacial score (nSPS) is 16.8. The molecule has 1 aromatic carbocycles. The number of nitrogens with zero attached hydrogens (tertiary/aromatic N) is 1. The first-order valence-electron chi connectivity index (χ1n) is 6.21. The van der Waals surface area contributed by atoms with Crippen molar-refractivity contribution in [3.05, 3.63) is 65.0 Å². The summed E-state index contributed by atoms with van der Waals surface area (Å²) in [6.45, 7) is 4.61. The van der Waals surface area contributed by atoms with Crippen LogP contribution in [0.15, 0.2) is 42.7 Å². The molecule has 17 heavy (non-hydrogen) atoms. The lowest BCUT2D eigenvalue weighted by atomic mass is 9.77. The van der Waals surface area contributed by atoms with Crippen molar-refractivity contribution >= 4 is 0 Å². The summed E-state index contributed by atoms with van der Waals surface area (Å²) in [7, 11) is 0. The van der Waals surface area contributed by atoms with Gasteiger partial charge in [0.2, 0.25) is 0 Å². The van der Waals surface area contributed by atoms with E-state index in [4.69, 9.17) is 0 Å². The van der Waals surface area contributed by atoms with Gasteiger partial charge in [0.1, 0.15) is 0 Å². The summed E-state index contributed by atoms with van der Waals surface area (Å²) in [6, 6.07) is 11.0. The maximum Gasteiger partial charge on any atom is 0.0311 e. The van der Waals surface area contributed by atoms with E-state index < -0.39 is 0 Å². The van der Waals surface area contributed by atoms with Gasteiger partial charge in [-0.15, -0.1) is 0 Å². The van der Waals surface area contributed by atoms with Crippen LogP contribution in [0.5, 0.6) is 0 Å². The van der Waals surface area contributed by atoms with Gasteiger partial charge in [0, 0.05) is 17.8 Å². The summed E-state index contributed by atoms with van der Waals surface area (Å²) in [5.41, 5.74) is 5.82. The lowest BCUT2D eigenvalue weighted by molar-refractivity contribution is 0.633. The van der Waals surface area contributed by atoms with Gasteiger partial charge in [-0.05, 0) is 41.2 Å². The molecule has 0 saturated carbocycles. The van der Waals surface area contributed by atoms with Gasteiger partial charge >= 0.3 is 0 Å². The second-order valence-electron chi connectivity index (χ2n) is 5.31. The molecule has 0 spiro atoms. The first kappa shape index (κ1) is 10.5. The Balaban J connectivity index is 2.27. The van der Waals surface area contributed by atoms with Crippen LogP contribution in [-0.2, 0) is 18.3 Å². The summed E-state index contributed by atoms with van der Waals surface area (Å²) >= 11 is 0. The largest absolute Gasteiger partial charge is 0.264 e. The Labute approximate surface area is 103 Å². The molecule has 0 bridgehead atoms. The van der Waals surface area contributed by atoms with E-state index in [0.29, 0.717) is 0 Å². The van der Waals surface area contributed by atoms with Crippen LogP contribution in [0.3, 0.4) is 0 Å². The van der Waals surface area contributed by atoms with Crippen molar-refractivity contribution in [2.45, 2.75) is 32.1 Å². The summed E-state index contributed by atoms with van der Waals surface area (Å²) in [4.78, 5) is 4.31. The van der Waals surface area contributed by atoms with Crippen molar-refractivity contribution in [1.82, 2.24) is 4.98 Å². The van der Waals surface area contributed by atoms with E-state index >= 15 is 0 Å². The molecule has 0 radical (unpaired) electrons. The summed E-state index contributed by atoms with van der Waals surface area (Å²) in [5, 5.41) is 0. The van der Waals surface area contributed by atoms with Gasteiger partial charge in [-0.1, -0.05) is 38.1 Å². The van der Waals surface area contributed by atoms with Crippen LogP contribution < -0.4 is 0 Å². The van der Waals surface area contributed by atoms with Gasteiger partial charge in [-0.25, -0.2) is 0 Å². The predicted molar refractivity (Wildman–Crippen MR) is 70.2 cm³/mol. The highest BCUT2D eigenvalue weighted by molar-refractivity contribution is 5.47. The lowest BCUT2D eigenvalue weighted by Crippen LogP contribution is -2.20. The number of benzene rings is 1. The average Bonchev–Trinajstić information content (AvgIpc) is 2.47. The zero-order valence-electron chi connectivity index (χ0n) is 10.4. The highest BCUT2D eigenvalue weighted by atomic mass is 14.6. The molecular formula is C16H17N. The van der Waals surface area contributed by atoms with Crippen molar-refractivity contribution in [3.63, 3.8) is 0 Å². The molecule has 2 aromatic rings. The number of hydrogen-bond acceptors (Lipinski definition) is 1. The van der Waals surface area contributed by atoms with Crippen LogP contribution in [-0.4, -0.2) is 4.98 Å². The van der Waals surface area contributed by atoms with Gasteiger partial charge < -0.3 is 0 Å². The molecule has 1 aliphatic rings. The standard InChI is InChI=1S/C16H17N/c1-16(2)14-6-4-3-5-12(14)7-8-13-9-10-17-11-15(13)16/h3-6,9-11H,7-8H2,1-2H3. The molecule has 0 saturated heterocycles. The molecule has 3 rings (SSSR count). The zero-order valence-corrected chi connectivity index (χ0v) is 10.4. The van der Waals surface area contributed by atoms with Crippen LogP contribution in [0.25, 0.3) is 0 Å². The highest BCUT2D eigenvalue weighted by Crippen LogP contribution is 2.38. The van der Waals surface area contributed by atoms with Crippen LogP contribution in [0.1, 0.15) is 36.1 Å². The molecule has 1 heterocycles. The van der Waals surface area contributed by atoms with Crippen molar-refractivity contribution in [2.24, 2.45) is 0 Å². The number of aryl methyl sites for hydroxylation is 2. The Bertz CT molecular complexity index is 505. The van der Waals surface area contributed by atoms with Gasteiger partial charge in [0.15, 0.2) is 0 Å². The minimum atomic E-state index is 0.0662. The van der Waals surface area contributed by atoms with E-state index in [1.807, 2.05) is 12.4 Å². The van der Waals surface area contributed by atoms with Crippen LogP contribution in [0.4, 0.5) is 0 Å². The SMILES string of the molecule is CC1(C)c2ccccc2CCc2ccncc21. The van der Waals surface area contributed by atoms with Gasteiger partial charge in [0.05, 0.1) is 0 Å². The van der Waals surface area contributed by atoms with E-state index in [0.717, 1.165) is 12.8 Å². The minimum Gasteiger partial charge on any atom is -0.264 e. The first-order chi connectivity index (χ1) is 8.19. The maximum atomic E-state index is 4.31. The fourth-order valence-corrected chi connectivity index (χ4v) is 2.97. The molecule has 0 atom stereocenters. The quantitative estimate of drug-likeness (QED) is 0.666. The molecule has 1 nitrogen and oxygen atoms in total. The Morgan fingerprint density at radius 3 is 2.47 bits per heavy atom. The second kappa shape index (κ2) is 3.69. The molecule has 0 N–H and O–H groups in total. The third kappa shape index (κ3) is 1.57. The zero-order chi connectivity index (χ0) is 11.9. The Morgan fingerprint density at radius 2 is 1.65 bits per heavy atom. The van der Waals surface area contributed by atoms with E-state index in [9.17, 15) is 0 Å². The van der Waals surface area contributed by atoms with Crippen molar-refractivity contribution in [1.29, 1.82) is 0 Å². The first-order valence-corrected chi connectivity index (χ1v) is 6.21. The van der Waals surface area contributed by atoms with Gasteiger partial charge in [-0.3, -0.25) is 4.98 Å². The molecule has 86 valence electrons. The number of fused-ring (bicyclic) bond motifs is 2. The molecule has 0 fully saturated rings. The number of hydrogen-bond donors (Lipinski definition) is 0. The van der Waals surface area contributed by atoms with E-state index in [1.54, 1.807) is 0 Å². The van der Waals surface area contributed by atoms with Crippen LogP contribution in [0, 0.1) is 0 Å². The van der Waals surface area contributed by atoms with E-state index in [1.165, 1.54) is 22.3 Å². The number of pyridine rings is 1. The summed E-state index contributed by atoms with van der Waals surface area (Å²) < 4.78 is 0. The monoisotopic (exact) mass is 223 g/mol. The second-order valence-corrected chi connectivity index (χ2v) is 5.31. The third-order valence-corrected chi connectivity index (χ3v) is 3.94. The van der Waals surface area contributed by atoms with E-state index in [2.05, 4.69) is 49.2 Å². The van der Waals surface area contributed by atoms with Crippen LogP contribution in [0.2, 0.25) is 0 Å². The fraction of sp³-hybridized carbons (Fsp3) is 0.312. The fourth-order valence-electron chi connectivity index (χ4n) is 2.97. The summed E-state index contributed by atoms with van der Waals surface area (Å²) in [6.07, 6.45) is 6.21. The van der Waals surface area contributed by atoms with Gasteiger partial charge in [-0.2, -0.15) is 0 Å². The Morgan fingerprint density at radius 1 is 0.941 bits per heavy atom. The van der Waals surface area contributed by atoms with Crippen molar-refractivity contribution in [2.75, 3.05) is 0 Å². The van der Waals surface area contributed by atoms with Crippen molar-refractivity contribution in [3.8, 4) is 0 Å². The highest BCUT2D eigenvalue weighted by Gasteiger charge is 2.30. The van der Waals surface area contributed by atoms with Gasteiger partial charge in [0.25, 0.3) is 0 Å². The molecule has 0 unspecified atom stereocenters. The predicted octanol–water partition coefficient (Wildman–Crippen LogP) is 3.51. The Hall–Kier alpha value is -1.63. The molecule has 1 aliphatic carbocycles. The van der Waals surface area contributed by atoms with E-state index in [-0.39, 0.29) is 5.41 Å². The lowest BCUT2D eigenvalue weighted by Gasteiger charge is -2.27. The maximum absolute atomic E-state index is 4.31. The third-order valence-electron chi connectivity index (χ3n) is 3.94. The number of aromatic nitrogens is 1. The minimum absolute atomic E-state index is 0.0662. The molecule has 1 heteroatoms. The molecule has 1 aromatic heterocycles. The van der Waals surface area contributed by atoms with Crippen molar-refractivity contribution < 1.29 is 0 Å².